The SMILES string of the molecule is CC(C)(C)OC(=O)N1[C@@H](c2ccccc2)C(C(=O)O)OC1(C)C. The van der Waals surface area contributed by atoms with Crippen molar-refractivity contribution in [2.24, 2.45) is 0 Å². The van der Waals surface area contributed by atoms with Crippen LogP contribution in [0.3, 0.4) is 0 Å². The molecule has 6 nitrogen and oxygen atoms in total. The van der Waals surface area contributed by atoms with Crippen LogP contribution in [0.2, 0.25) is 0 Å². The van der Waals surface area contributed by atoms with Crippen LogP contribution in [0.5, 0.6) is 0 Å². The van der Waals surface area contributed by atoms with E-state index < -0.39 is 35.5 Å². The number of carboxylic acids is 1. The minimum Gasteiger partial charge on any atom is -0.479 e. The van der Waals surface area contributed by atoms with Crippen molar-refractivity contribution in [1.29, 1.82) is 0 Å². The summed E-state index contributed by atoms with van der Waals surface area (Å²) in [5, 5.41) is 9.51. The molecule has 126 valence electrons. The molecule has 2 rings (SSSR count). The van der Waals surface area contributed by atoms with Crippen LogP contribution in [0.4, 0.5) is 4.79 Å². The van der Waals surface area contributed by atoms with Crippen LogP contribution in [-0.4, -0.2) is 39.5 Å². The van der Waals surface area contributed by atoms with Gasteiger partial charge in [0.25, 0.3) is 0 Å². The number of rotatable bonds is 2. The van der Waals surface area contributed by atoms with Gasteiger partial charge in [0.1, 0.15) is 17.4 Å². The van der Waals surface area contributed by atoms with E-state index in [9.17, 15) is 14.7 Å². The average molecular weight is 321 g/mol. The van der Waals surface area contributed by atoms with Crippen LogP contribution < -0.4 is 0 Å². The second-order valence-electron chi connectivity index (χ2n) is 7.03. The molecular weight excluding hydrogens is 298 g/mol. The Morgan fingerprint density at radius 3 is 2.26 bits per heavy atom. The molecule has 6 heteroatoms. The van der Waals surface area contributed by atoms with Crippen molar-refractivity contribution < 1.29 is 24.2 Å². The van der Waals surface area contributed by atoms with Gasteiger partial charge in [-0.15, -0.1) is 0 Å². The molecule has 1 aromatic rings. The highest BCUT2D eigenvalue weighted by Crippen LogP contribution is 2.42. The third-order valence-electron chi connectivity index (χ3n) is 3.54. The number of amides is 1. The predicted molar refractivity (Wildman–Crippen MR) is 83.8 cm³/mol. The van der Waals surface area contributed by atoms with E-state index in [1.165, 1.54) is 4.90 Å². The Morgan fingerprint density at radius 2 is 1.78 bits per heavy atom. The van der Waals surface area contributed by atoms with Crippen LogP contribution in [0, 0.1) is 0 Å². The van der Waals surface area contributed by atoms with Gasteiger partial charge in [-0.1, -0.05) is 30.3 Å². The fourth-order valence-corrected chi connectivity index (χ4v) is 2.71. The highest BCUT2D eigenvalue weighted by molar-refractivity contribution is 5.78. The van der Waals surface area contributed by atoms with Crippen molar-refractivity contribution in [3.8, 4) is 0 Å². The standard InChI is InChI=1S/C17H23NO5/c1-16(2,3)23-15(21)18-12(11-9-7-6-8-10-11)13(14(19)20)22-17(18,4)5/h6-10,12-13H,1-5H3,(H,19,20)/t12-,13?/m0/s1. The Bertz CT molecular complexity index is 591. The summed E-state index contributed by atoms with van der Waals surface area (Å²) in [6.45, 7) is 8.62. The molecule has 1 aliphatic rings. The van der Waals surface area contributed by atoms with E-state index in [-0.39, 0.29) is 0 Å². The lowest BCUT2D eigenvalue weighted by Gasteiger charge is -2.35. The zero-order valence-corrected chi connectivity index (χ0v) is 14.1. The van der Waals surface area contributed by atoms with Gasteiger partial charge in [-0.25, -0.2) is 9.59 Å². The number of carbonyl (C=O) groups excluding carboxylic acids is 1. The molecule has 23 heavy (non-hydrogen) atoms. The summed E-state index contributed by atoms with van der Waals surface area (Å²) in [7, 11) is 0. The second-order valence-corrected chi connectivity index (χ2v) is 7.03. The number of hydrogen-bond acceptors (Lipinski definition) is 4. The van der Waals surface area contributed by atoms with E-state index in [0.29, 0.717) is 5.56 Å². The summed E-state index contributed by atoms with van der Waals surface area (Å²) < 4.78 is 11.1. The van der Waals surface area contributed by atoms with Crippen molar-refractivity contribution in [2.75, 3.05) is 0 Å². The van der Waals surface area contributed by atoms with Crippen molar-refractivity contribution >= 4 is 12.1 Å². The molecule has 1 heterocycles. The van der Waals surface area contributed by atoms with Crippen molar-refractivity contribution in [1.82, 2.24) is 4.90 Å². The topological polar surface area (TPSA) is 76.1 Å². The van der Waals surface area contributed by atoms with E-state index in [0.717, 1.165) is 0 Å². The van der Waals surface area contributed by atoms with E-state index in [2.05, 4.69) is 0 Å². The van der Waals surface area contributed by atoms with Crippen molar-refractivity contribution in [3.63, 3.8) is 0 Å². The van der Waals surface area contributed by atoms with Gasteiger partial charge in [0.05, 0.1) is 0 Å². The lowest BCUT2D eigenvalue weighted by molar-refractivity contribution is -0.155. The summed E-state index contributed by atoms with van der Waals surface area (Å²) in [4.78, 5) is 25.6. The molecule has 0 aromatic heterocycles. The summed E-state index contributed by atoms with van der Waals surface area (Å²) in [5.74, 6) is -1.11. The number of hydrogen-bond donors (Lipinski definition) is 1. The maximum atomic E-state index is 12.7. The highest BCUT2D eigenvalue weighted by atomic mass is 16.6. The second kappa shape index (κ2) is 5.85. The Hall–Kier alpha value is -2.08. The van der Waals surface area contributed by atoms with Gasteiger partial charge in [0, 0.05) is 0 Å². The number of carboxylic acid groups (broad SMARTS) is 1. The predicted octanol–water partition coefficient (Wildman–Crippen LogP) is 3.18. The van der Waals surface area contributed by atoms with Gasteiger partial charge in [-0.2, -0.15) is 0 Å². The minimum absolute atomic E-state index is 0.597. The van der Waals surface area contributed by atoms with Crippen LogP contribution >= 0.6 is 0 Å². The molecule has 1 unspecified atom stereocenters. The van der Waals surface area contributed by atoms with Crippen molar-refractivity contribution in [2.45, 2.75) is 58.1 Å². The number of aliphatic carboxylic acids is 1. The average Bonchev–Trinajstić information content (AvgIpc) is 2.69. The Morgan fingerprint density at radius 1 is 1.22 bits per heavy atom. The molecule has 1 saturated heterocycles. The molecule has 0 radical (unpaired) electrons. The summed E-state index contributed by atoms with van der Waals surface area (Å²) >= 11 is 0. The molecule has 1 amide bonds. The third kappa shape index (κ3) is 3.64. The molecular formula is C17H23NO5. The highest BCUT2D eigenvalue weighted by Gasteiger charge is 2.54. The fourth-order valence-electron chi connectivity index (χ4n) is 2.71. The fraction of sp³-hybridized carbons (Fsp3) is 0.529. The van der Waals surface area contributed by atoms with Gasteiger partial charge in [-0.05, 0) is 40.2 Å². The van der Waals surface area contributed by atoms with Gasteiger partial charge < -0.3 is 14.6 Å². The lowest BCUT2D eigenvalue weighted by atomic mass is 10.0. The molecule has 0 bridgehead atoms. The first-order valence-corrected chi connectivity index (χ1v) is 7.51. The first-order chi connectivity index (χ1) is 10.5. The van der Waals surface area contributed by atoms with Crippen LogP contribution in [0.1, 0.15) is 46.2 Å². The molecule has 0 aliphatic carbocycles. The minimum atomic E-state index is -1.15. The summed E-state index contributed by atoms with van der Waals surface area (Å²) in [6.07, 6.45) is -1.75. The van der Waals surface area contributed by atoms with E-state index in [1.807, 2.05) is 6.07 Å². The molecule has 1 N–H and O–H groups in total. The smallest absolute Gasteiger partial charge is 0.413 e. The number of carbonyl (C=O) groups is 2. The zero-order chi connectivity index (χ0) is 17.4. The first-order valence-electron chi connectivity index (χ1n) is 7.51. The van der Waals surface area contributed by atoms with Gasteiger partial charge >= 0.3 is 12.1 Å². The molecule has 1 aromatic carbocycles. The summed E-state index contributed by atoms with van der Waals surface area (Å²) in [6, 6.07) is 8.24. The van der Waals surface area contributed by atoms with Crippen LogP contribution in [0.25, 0.3) is 0 Å². The molecule has 1 fully saturated rings. The van der Waals surface area contributed by atoms with Gasteiger partial charge in [0.15, 0.2) is 6.10 Å². The quantitative estimate of drug-likeness (QED) is 0.905. The molecule has 0 saturated carbocycles. The largest absolute Gasteiger partial charge is 0.479 e. The van der Waals surface area contributed by atoms with Gasteiger partial charge in [0.2, 0.25) is 0 Å². The maximum Gasteiger partial charge on any atom is 0.413 e. The van der Waals surface area contributed by atoms with Gasteiger partial charge in [-0.3, -0.25) is 4.90 Å². The molecule has 2 atom stereocenters. The monoisotopic (exact) mass is 321 g/mol. The first kappa shape index (κ1) is 17.3. The molecule has 1 aliphatic heterocycles. The van der Waals surface area contributed by atoms with E-state index in [4.69, 9.17) is 9.47 Å². The number of nitrogens with zero attached hydrogens (tertiary/aromatic N) is 1. The van der Waals surface area contributed by atoms with E-state index >= 15 is 0 Å². The Labute approximate surface area is 136 Å². The number of ether oxygens (including phenoxy) is 2. The third-order valence-corrected chi connectivity index (χ3v) is 3.54. The Kier molecular flexibility index (Phi) is 4.39. The van der Waals surface area contributed by atoms with Crippen LogP contribution in [0.15, 0.2) is 30.3 Å². The summed E-state index contributed by atoms with van der Waals surface area (Å²) in [5.41, 5.74) is -1.09. The molecule has 0 spiro atoms. The normalized spacial score (nSPS) is 23.6. The maximum absolute atomic E-state index is 12.7. The lowest BCUT2D eigenvalue weighted by Crippen LogP contribution is -2.47. The van der Waals surface area contributed by atoms with E-state index in [1.54, 1.807) is 58.9 Å². The Balaban J connectivity index is 2.46. The van der Waals surface area contributed by atoms with Crippen molar-refractivity contribution in [3.05, 3.63) is 35.9 Å². The number of benzene rings is 1. The zero-order valence-electron chi connectivity index (χ0n) is 14.1. The van der Waals surface area contributed by atoms with Crippen LogP contribution in [-0.2, 0) is 14.3 Å².